The predicted octanol–water partition coefficient (Wildman–Crippen LogP) is 2.40. The molecule has 2 unspecified atom stereocenters. The van der Waals surface area contributed by atoms with Gasteiger partial charge >= 0.3 is 0 Å². The molecule has 0 aromatic heterocycles. The van der Waals surface area contributed by atoms with Crippen LogP contribution < -0.4 is 10.6 Å². The maximum Gasteiger partial charge on any atom is 0.249 e. The number of anilines is 1. The molecule has 2 atom stereocenters. The molecule has 2 aromatic carbocycles. The van der Waals surface area contributed by atoms with Crippen molar-refractivity contribution in [2.45, 2.75) is 25.4 Å². The lowest BCUT2D eigenvalue weighted by Gasteiger charge is -2.27. The van der Waals surface area contributed by atoms with Crippen LogP contribution in [0.25, 0.3) is 0 Å². The van der Waals surface area contributed by atoms with Gasteiger partial charge in [-0.15, -0.1) is 0 Å². The number of para-hydroxylation sites is 1. The molecular formula is C20H22FN3O2. The van der Waals surface area contributed by atoms with Crippen molar-refractivity contribution in [1.29, 1.82) is 0 Å². The molecule has 1 aliphatic heterocycles. The Morgan fingerprint density at radius 3 is 2.54 bits per heavy atom. The van der Waals surface area contributed by atoms with E-state index in [1.165, 1.54) is 15.9 Å². The molecule has 6 heteroatoms. The van der Waals surface area contributed by atoms with E-state index in [2.05, 4.69) is 0 Å². The number of rotatable bonds is 4. The topological polar surface area (TPSA) is 66.6 Å². The number of nitrogens with zero attached hydrogens (tertiary/aromatic N) is 2. The van der Waals surface area contributed by atoms with E-state index in [0.717, 1.165) is 5.56 Å². The largest absolute Gasteiger partial charge is 0.332 e. The molecule has 1 fully saturated rings. The van der Waals surface area contributed by atoms with E-state index in [-0.39, 0.29) is 17.5 Å². The van der Waals surface area contributed by atoms with Crippen LogP contribution in [0.4, 0.5) is 10.1 Å². The fourth-order valence-corrected chi connectivity index (χ4v) is 3.22. The summed E-state index contributed by atoms with van der Waals surface area (Å²) in [7, 11) is 1.57. The summed E-state index contributed by atoms with van der Waals surface area (Å²) in [5.74, 6) is -1.07. The summed E-state index contributed by atoms with van der Waals surface area (Å²) in [4.78, 5) is 28.2. The maximum atomic E-state index is 14.0. The molecule has 5 nitrogen and oxygen atoms in total. The lowest BCUT2D eigenvalue weighted by molar-refractivity contribution is -0.137. The number of nitrogens with two attached hydrogens (primary N) is 1. The van der Waals surface area contributed by atoms with Crippen LogP contribution in [0.5, 0.6) is 0 Å². The van der Waals surface area contributed by atoms with Crippen LogP contribution >= 0.6 is 0 Å². The monoisotopic (exact) mass is 355 g/mol. The lowest BCUT2D eigenvalue weighted by Crippen LogP contribution is -2.46. The molecule has 1 heterocycles. The van der Waals surface area contributed by atoms with Crippen LogP contribution in [0.15, 0.2) is 48.5 Å². The van der Waals surface area contributed by atoms with Crippen molar-refractivity contribution < 1.29 is 14.0 Å². The summed E-state index contributed by atoms with van der Waals surface area (Å²) in [5.41, 5.74) is 8.11. The molecule has 1 aliphatic rings. The van der Waals surface area contributed by atoms with Gasteiger partial charge in [-0.05, 0) is 31.0 Å². The maximum absolute atomic E-state index is 14.0. The van der Waals surface area contributed by atoms with E-state index in [4.69, 9.17) is 5.73 Å². The van der Waals surface area contributed by atoms with Crippen molar-refractivity contribution in [3.05, 3.63) is 65.5 Å². The molecule has 0 saturated carbocycles. The molecule has 2 N–H and O–H groups in total. The third-order valence-corrected chi connectivity index (χ3v) is 4.84. The van der Waals surface area contributed by atoms with Gasteiger partial charge in [0.05, 0.1) is 5.69 Å². The minimum absolute atomic E-state index is 0.240. The van der Waals surface area contributed by atoms with E-state index < -0.39 is 17.9 Å². The van der Waals surface area contributed by atoms with Crippen molar-refractivity contribution in [2.75, 3.05) is 18.5 Å². The van der Waals surface area contributed by atoms with Gasteiger partial charge < -0.3 is 15.5 Å². The van der Waals surface area contributed by atoms with Gasteiger partial charge in [0.15, 0.2) is 0 Å². The molecule has 0 aliphatic carbocycles. The molecule has 0 spiro atoms. The molecule has 136 valence electrons. The molecular weight excluding hydrogens is 333 g/mol. The second-order valence-electron chi connectivity index (χ2n) is 6.58. The molecule has 3 rings (SSSR count). The highest BCUT2D eigenvalue weighted by Gasteiger charge is 2.39. The average molecular weight is 355 g/mol. The molecule has 26 heavy (non-hydrogen) atoms. The Bertz CT molecular complexity index is 822. The average Bonchev–Trinajstić information content (AvgIpc) is 3.02. The number of aryl methyl sites for hydroxylation is 1. The Kier molecular flexibility index (Phi) is 5.04. The number of hydrogen-bond acceptors (Lipinski definition) is 3. The molecule has 0 bridgehead atoms. The van der Waals surface area contributed by atoms with Crippen molar-refractivity contribution in [3.63, 3.8) is 0 Å². The van der Waals surface area contributed by atoms with Gasteiger partial charge in [-0.2, -0.15) is 0 Å². The molecule has 1 saturated heterocycles. The second kappa shape index (κ2) is 7.25. The first-order valence-corrected chi connectivity index (χ1v) is 8.55. The highest BCUT2D eigenvalue weighted by Crippen LogP contribution is 2.27. The van der Waals surface area contributed by atoms with Crippen LogP contribution in [0, 0.1) is 12.7 Å². The Labute approximate surface area is 152 Å². The highest BCUT2D eigenvalue weighted by molar-refractivity contribution is 6.01. The smallest absolute Gasteiger partial charge is 0.249 e. The number of carbonyl (C=O) groups is 2. The predicted molar refractivity (Wildman–Crippen MR) is 98.0 cm³/mol. The zero-order chi connectivity index (χ0) is 18.8. The van der Waals surface area contributed by atoms with E-state index in [1.807, 2.05) is 31.2 Å². The number of carbonyl (C=O) groups excluding carboxylic acids is 2. The minimum Gasteiger partial charge on any atom is -0.332 e. The van der Waals surface area contributed by atoms with E-state index >= 15 is 0 Å². The number of likely N-dealkylation sites (N-methyl/N-ethyl adjacent to an activating group) is 1. The summed E-state index contributed by atoms with van der Waals surface area (Å²) in [6.07, 6.45) is 0.441. The lowest BCUT2D eigenvalue weighted by atomic mass is 10.0. The number of benzene rings is 2. The van der Waals surface area contributed by atoms with E-state index in [0.29, 0.717) is 18.5 Å². The third kappa shape index (κ3) is 3.32. The van der Waals surface area contributed by atoms with Gasteiger partial charge in [0.1, 0.15) is 17.9 Å². The Balaban J connectivity index is 1.74. The zero-order valence-electron chi connectivity index (χ0n) is 14.9. The summed E-state index contributed by atoms with van der Waals surface area (Å²) < 4.78 is 14.0. The van der Waals surface area contributed by atoms with E-state index in [1.54, 1.807) is 25.2 Å². The summed E-state index contributed by atoms with van der Waals surface area (Å²) in [6.45, 7) is 2.32. The van der Waals surface area contributed by atoms with Crippen LogP contribution in [-0.4, -0.2) is 36.3 Å². The van der Waals surface area contributed by atoms with Crippen molar-refractivity contribution in [3.8, 4) is 0 Å². The van der Waals surface area contributed by atoms with Crippen LogP contribution in [0.2, 0.25) is 0 Å². The second-order valence-corrected chi connectivity index (χ2v) is 6.58. The van der Waals surface area contributed by atoms with Gasteiger partial charge in [0, 0.05) is 13.6 Å². The first kappa shape index (κ1) is 18.1. The quantitative estimate of drug-likeness (QED) is 0.916. The standard InChI is InChI=1S/C20H22FN3O2/c1-13-7-9-14(10-8-13)18(22)20(26)23(2)17-11-12-24(19(17)25)16-6-4-3-5-15(16)21/h3-10,17-18H,11-12,22H2,1-2H3. The Hall–Kier alpha value is -2.73. The summed E-state index contributed by atoms with van der Waals surface area (Å²) in [6, 6.07) is 12.1. The zero-order valence-corrected chi connectivity index (χ0v) is 14.9. The number of halogens is 1. The SMILES string of the molecule is Cc1ccc(C(N)C(=O)N(C)C2CCN(c3ccccc3F)C2=O)cc1. The first-order valence-electron chi connectivity index (χ1n) is 8.55. The fraction of sp³-hybridized carbons (Fsp3) is 0.300. The molecule has 2 amide bonds. The fourth-order valence-electron chi connectivity index (χ4n) is 3.22. The number of amides is 2. The molecule has 2 aromatic rings. The van der Waals surface area contributed by atoms with Gasteiger partial charge in [-0.1, -0.05) is 42.0 Å². The van der Waals surface area contributed by atoms with Gasteiger partial charge in [-0.3, -0.25) is 9.59 Å². The summed E-state index contributed by atoms with van der Waals surface area (Å²) in [5, 5.41) is 0. The third-order valence-electron chi connectivity index (χ3n) is 4.84. The van der Waals surface area contributed by atoms with Gasteiger partial charge in [0.25, 0.3) is 0 Å². The van der Waals surface area contributed by atoms with Crippen LogP contribution in [0.3, 0.4) is 0 Å². The highest BCUT2D eigenvalue weighted by atomic mass is 19.1. The Morgan fingerprint density at radius 1 is 1.23 bits per heavy atom. The minimum atomic E-state index is -0.837. The Morgan fingerprint density at radius 2 is 1.88 bits per heavy atom. The van der Waals surface area contributed by atoms with Crippen molar-refractivity contribution in [1.82, 2.24) is 4.90 Å². The first-order chi connectivity index (χ1) is 12.4. The normalized spacial score (nSPS) is 18.1. The van der Waals surface area contributed by atoms with Crippen LogP contribution in [-0.2, 0) is 9.59 Å². The molecule has 0 radical (unpaired) electrons. The number of hydrogen-bond donors (Lipinski definition) is 1. The van der Waals surface area contributed by atoms with E-state index in [9.17, 15) is 14.0 Å². The van der Waals surface area contributed by atoms with Gasteiger partial charge in [-0.25, -0.2) is 4.39 Å². The van der Waals surface area contributed by atoms with Crippen molar-refractivity contribution >= 4 is 17.5 Å². The summed E-state index contributed by atoms with van der Waals surface area (Å²) >= 11 is 0. The van der Waals surface area contributed by atoms with Crippen LogP contribution in [0.1, 0.15) is 23.6 Å². The van der Waals surface area contributed by atoms with Crippen molar-refractivity contribution in [2.24, 2.45) is 5.73 Å². The van der Waals surface area contributed by atoms with Gasteiger partial charge in [0.2, 0.25) is 11.8 Å².